The summed E-state index contributed by atoms with van der Waals surface area (Å²) in [7, 11) is 0. The highest BCUT2D eigenvalue weighted by Crippen LogP contribution is 2.21. The van der Waals surface area contributed by atoms with E-state index >= 15 is 0 Å². The van der Waals surface area contributed by atoms with Crippen molar-refractivity contribution in [1.29, 1.82) is 0 Å². The predicted molar refractivity (Wildman–Crippen MR) is 116 cm³/mol. The van der Waals surface area contributed by atoms with Gasteiger partial charge < -0.3 is 19.4 Å². The first-order valence-corrected chi connectivity index (χ1v) is 10.1. The van der Waals surface area contributed by atoms with Crippen molar-refractivity contribution in [2.75, 3.05) is 49.1 Å². The van der Waals surface area contributed by atoms with E-state index in [-0.39, 0.29) is 18.4 Å². The van der Waals surface area contributed by atoms with E-state index in [2.05, 4.69) is 36.1 Å². The van der Waals surface area contributed by atoms with Crippen LogP contribution in [-0.2, 0) is 9.59 Å². The van der Waals surface area contributed by atoms with Gasteiger partial charge in [0.1, 0.15) is 12.3 Å². The van der Waals surface area contributed by atoms with Crippen LogP contribution in [0.3, 0.4) is 0 Å². The van der Waals surface area contributed by atoms with E-state index in [0.29, 0.717) is 25.4 Å². The number of ether oxygens (including phenoxy) is 1. The number of carbonyl (C=O) groups excluding carboxylic acids is 2. The Balaban J connectivity index is 1.60. The molecular weight excluding hydrogens is 366 g/mol. The van der Waals surface area contributed by atoms with Gasteiger partial charge in [-0.3, -0.25) is 9.59 Å². The smallest absolute Gasteiger partial charge is 0.242 e. The van der Waals surface area contributed by atoms with Gasteiger partial charge >= 0.3 is 0 Å². The van der Waals surface area contributed by atoms with Crippen molar-refractivity contribution in [3.05, 3.63) is 54.1 Å². The maximum absolute atomic E-state index is 12.8. The molecule has 0 N–H and O–H groups in total. The molecule has 0 saturated carbocycles. The topological polar surface area (TPSA) is 53.1 Å². The summed E-state index contributed by atoms with van der Waals surface area (Å²) in [6, 6.07) is 15.7. The first-order chi connectivity index (χ1) is 14.0. The quantitative estimate of drug-likeness (QED) is 0.754. The van der Waals surface area contributed by atoms with Crippen LogP contribution < -0.4 is 14.5 Å². The number of nitrogens with zero attached hydrogens (tertiary/aromatic N) is 3. The highest BCUT2D eigenvalue weighted by atomic mass is 16.5. The van der Waals surface area contributed by atoms with E-state index < -0.39 is 0 Å². The Morgan fingerprint density at radius 3 is 2.31 bits per heavy atom. The van der Waals surface area contributed by atoms with E-state index in [9.17, 15) is 9.59 Å². The lowest BCUT2D eigenvalue weighted by Gasteiger charge is -2.37. The third kappa shape index (κ3) is 5.28. The number of piperazine rings is 1. The average molecular weight is 396 g/mol. The van der Waals surface area contributed by atoms with Crippen LogP contribution >= 0.6 is 0 Å². The summed E-state index contributed by atoms with van der Waals surface area (Å²) in [5.74, 6) is 0.567. The highest BCUT2D eigenvalue weighted by molar-refractivity contribution is 5.97. The van der Waals surface area contributed by atoms with E-state index in [1.54, 1.807) is 0 Å². The molecular formula is C23H29N3O3. The molecule has 2 amide bonds. The molecule has 0 spiro atoms. The van der Waals surface area contributed by atoms with Gasteiger partial charge in [0.15, 0.2) is 0 Å². The van der Waals surface area contributed by atoms with Crippen LogP contribution in [0, 0.1) is 6.92 Å². The molecule has 1 saturated heterocycles. The first kappa shape index (κ1) is 20.7. The number of amides is 2. The van der Waals surface area contributed by atoms with Crippen LogP contribution in [0.5, 0.6) is 5.75 Å². The second-order valence-corrected chi connectivity index (χ2v) is 7.24. The van der Waals surface area contributed by atoms with Gasteiger partial charge in [-0.2, -0.15) is 0 Å². The van der Waals surface area contributed by atoms with Crippen LogP contribution in [0.25, 0.3) is 0 Å². The zero-order valence-corrected chi connectivity index (χ0v) is 17.4. The third-order valence-corrected chi connectivity index (χ3v) is 5.13. The number of carbonyl (C=O) groups is 2. The van der Waals surface area contributed by atoms with Gasteiger partial charge in [-0.1, -0.05) is 12.1 Å². The molecule has 1 aliphatic heterocycles. The van der Waals surface area contributed by atoms with Gasteiger partial charge in [-0.15, -0.1) is 0 Å². The monoisotopic (exact) mass is 395 g/mol. The van der Waals surface area contributed by atoms with Crippen LogP contribution in [0.2, 0.25) is 0 Å². The van der Waals surface area contributed by atoms with Crippen LogP contribution in [-0.4, -0.2) is 56.0 Å². The Labute approximate surface area is 172 Å². The molecule has 6 heteroatoms. The molecule has 0 atom stereocenters. The largest absolute Gasteiger partial charge is 0.494 e. The zero-order valence-electron chi connectivity index (χ0n) is 17.4. The normalized spacial score (nSPS) is 13.9. The molecule has 1 fully saturated rings. The maximum atomic E-state index is 12.8. The number of anilines is 2. The molecule has 29 heavy (non-hydrogen) atoms. The molecule has 3 rings (SSSR count). The lowest BCUT2D eigenvalue weighted by molar-refractivity contribution is -0.131. The Morgan fingerprint density at radius 1 is 1.03 bits per heavy atom. The Morgan fingerprint density at radius 2 is 1.72 bits per heavy atom. The lowest BCUT2D eigenvalue weighted by Crippen LogP contribution is -2.51. The van der Waals surface area contributed by atoms with Crippen molar-refractivity contribution in [3.8, 4) is 5.75 Å². The molecule has 0 aliphatic carbocycles. The minimum Gasteiger partial charge on any atom is -0.494 e. The summed E-state index contributed by atoms with van der Waals surface area (Å²) in [4.78, 5) is 30.7. The molecule has 1 aliphatic rings. The molecule has 154 valence electrons. The molecule has 0 bridgehead atoms. The molecule has 2 aromatic carbocycles. The van der Waals surface area contributed by atoms with Crippen molar-refractivity contribution in [2.45, 2.75) is 20.8 Å². The second kappa shape index (κ2) is 9.45. The van der Waals surface area contributed by atoms with E-state index in [4.69, 9.17) is 4.74 Å². The Hall–Kier alpha value is -3.02. The van der Waals surface area contributed by atoms with Crippen LogP contribution in [0.1, 0.15) is 19.4 Å². The SMILES string of the molecule is CCOc1ccc(N(CC(=O)N2CCN(c3cccc(C)c3)CC2)C(C)=O)cc1. The van der Waals surface area contributed by atoms with Gasteiger partial charge in [0.05, 0.1) is 6.61 Å². The van der Waals surface area contributed by atoms with Crippen molar-refractivity contribution >= 4 is 23.2 Å². The third-order valence-electron chi connectivity index (χ3n) is 5.13. The average Bonchev–Trinajstić information content (AvgIpc) is 2.73. The van der Waals surface area contributed by atoms with Crippen LogP contribution in [0.4, 0.5) is 11.4 Å². The van der Waals surface area contributed by atoms with Gasteiger partial charge in [-0.25, -0.2) is 0 Å². The minimum absolute atomic E-state index is 0.0297. The summed E-state index contributed by atoms with van der Waals surface area (Å²) in [6.07, 6.45) is 0. The van der Waals surface area contributed by atoms with Gasteiger partial charge in [-0.05, 0) is 55.8 Å². The summed E-state index contributed by atoms with van der Waals surface area (Å²) in [6.45, 7) is 9.02. The number of benzene rings is 2. The molecule has 6 nitrogen and oxygen atoms in total. The number of rotatable bonds is 6. The van der Waals surface area contributed by atoms with Gasteiger partial charge in [0, 0.05) is 44.5 Å². The second-order valence-electron chi connectivity index (χ2n) is 7.24. The number of hydrogen-bond acceptors (Lipinski definition) is 4. The molecule has 1 heterocycles. The van der Waals surface area contributed by atoms with E-state index in [1.807, 2.05) is 36.1 Å². The fourth-order valence-corrected chi connectivity index (χ4v) is 3.55. The lowest BCUT2D eigenvalue weighted by atomic mass is 10.2. The Kier molecular flexibility index (Phi) is 6.75. The fourth-order valence-electron chi connectivity index (χ4n) is 3.55. The molecule has 0 unspecified atom stereocenters. The first-order valence-electron chi connectivity index (χ1n) is 10.1. The highest BCUT2D eigenvalue weighted by Gasteiger charge is 2.24. The maximum Gasteiger partial charge on any atom is 0.242 e. The van der Waals surface area contributed by atoms with Gasteiger partial charge in [0.2, 0.25) is 11.8 Å². The number of hydrogen-bond donors (Lipinski definition) is 0. The summed E-state index contributed by atoms with van der Waals surface area (Å²) >= 11 is 0. The van der Waals surface area contributed by atoms with E-state index in [1.165, 1.54) is 23.1 Å². The minimum atomic E-state index is -0.152. The summed E-state index contributed by atoms with van der Waals surface area (Å²) in [5.41, 5.74) is 3.12. The van der Waals surface area contributed by atoms with Crippen molar-refractivity contribution < 1.29 is 14.3 Å². The summed E-state index contributed by atoms with van der Waals surface area (Å²) in [5, 5.41) is 0. The molecule has 0 radical (unpaired) electrons. The Bertz CT molecular complexity index is 843. The summed E-state index contributed by atoms with van der Waals surface area (Å²) < 4.78 is 5.45. The van der Waals surface area contributed by atoms with Crippen molar-refractivity contribution in [2.24, 2.45) is 0 Å². The molecule has 0 aromatic heterocycles. The van der Waals surface area contributed by atoms with Crippen molar-refractivity contribution in [1.82, 2.24) is 4.90 Å². The van der Waals surface area contributed by atoms with Crippen molar-refractivity contribution in [3.63, 3.8) is 0 Å². The van der Waals surface area contributed by atoms with Crippen LogP contribution in [0.15, 0.2) is 48.5 Å². The zero-order chi connectivity index (χ0) is 20.8. The standard InChI is InChI=1S/C23H29N3O3/c1-4-29-22-10-8-20(9-11-22)26(19(3)27)17-23(28)25-14-12-24(13-15-25)21-7-5-6-18(2)16-21/h5-11,16H,4,12-15,17H2,1-3H3. The predicted octanol–water partition coefficient (Wildman–Crippen LogP) is 3.10. The van der Waals surface area contributed by atoms with Gasteiger partial charge in [0.25, 0.3) is 0 Å². The number of aryl methyl sites for hydroxylation is 1. The van der Waals surface area contributed by atoms with E-state index in [0.717, 1.165) is 18.8 Å². The fraction of sp³-hybridized carbons (Fsp3) is 0.391. The molecule has 2 aromatic rings.